The van der Waals surface area contributed by atoms with Crippen molar-refractivity contribution in [2.45, 2.75) is 12.1 Å². The highest BCUT2D eigenvalue weighted by molar-refractivity contribution is 6.33. The molecule has 1 aromatic heterocycles. The highest BCUT2D eigenvalue weighted by Crippen LogP contribution is 2.37. The summed E-state index contributed by atoms with van der Waals surface area (Å²) in [6.07, 6.45) is -4.61. The van der Waals surface area contributed by atoms with Crippen LogP contribution in [0.15, 0.2) is 6.07 Å². The minimum absolute atomic E-state index is 0.501. The molecule has 0 saturated carbocycles. The summed E-state index contributed by atoms with van der Waals surface area (Å²) in [7, 11) is 0. The molecule has 16 heavy (non-hydrogen) atoms. The maximum Gasteiger partial charge on any atom is 0.397 e. The minimum atomic E-state index is -4.61. The van der Waals surface area contributed by atoms with E-state index >= 15 is 0 Å². The highest BCUT2D eigenvalue weighted by Gasteiger charge is 2.41. The second-order valence-corrected chi connectivity index (χ2v) is 3.69. The van der Waals surface area contributed by atoms with E-state index in [-0.39, 0.29) is 0 Å². The van der Waals surface area contributed by atoms with Gasteiger partial charge in [-0.05, 0) is 6.07 Å². The summed E-state index contributed by atoms with van der Waals surface area (Å²) >= 11 is 10.7. The van der Waals surface area contributed by atoms with Gasteiger partial charge in [0.05, 0.1) is 5.92 Å². The summed E-state index contributed by atoms with van der Waals surface area (Å²) in [4.78, 5) is 3.26. The van der Waals surface area contributed by atoms with Crippen LogP contribution in [0.25, 0.3) is 0 Å². The molecule has 8 heteroatoms. The fraction of sp³-hybridized carbons (Fsp3) is 0.375. The predicted octanol–water partition coefficient (Wildman–Crippen LogP) is 3.13. The van der Waals surface area contributed by atoms with Crippen LogP contribution in [0.3, 0.4) is 0 Å². The molecule has 0 aliphatic carbocycles. The van der Waals surface area contributed by atoms with Gasteiger partial charge in [0.2, 0.25) is 0 Å². The second kappa shape index (κ2) is 4.73. The number of alkyl halides is 3. The Bertz CT molecular complexity index is 394. The summed E-state index contributed by atoms with van der Waals surface area (Å²) in [6.45, 7) is -0.744. The monoisotopic (exact) mass is 276 g/mol. The van der Waals surface area contributed by atoms with Crippen molar-refractivity contribution < 1.29 is 17.6 Å². The van der Waals surface area contributed by atoms with Crippen LogP contribution in [0.4, 0.5) is 17.6 Å². The van der Waals surface area contributed by atoms with E-state index in [1.54, 1.807) is 0 Å². The van der Waals surface area contributed by atoms with E-state index in [2.05, 4.69) is 4.98 Å². The zero-order valence-electron chi connectivity index (χ0n) is 7.65. The fourth-order valence-corrected chi connectivity index (χ4v) is 1.59. The van der Waals surface area contributed by atoms with E-state index in [0.717, 1.165) is 0 Å². The third-order valence-corrected chi connectivity index (χ3v) is 2.49. The van der Waals surface area contributed by atoms with Crippen molar-refractivity contribution in [3.05, 3.63) is 27.8 Å². The maximum absolute atomic E-state index is 13.0. The van der Waals surface area contributed by atoms with Gasteiger partial charge in [0.1, 0.15) is 5.15 Å². The van der Waals surface area contributed by atoms with Gasteiger partial charge in [0, 0.05) is 12.1 Å². The minimum Gasteiger partial charge on any atom is -0.330 e. The Morgan fingerprint density at radius 1 is 1.31 bits per heavy atom. The van der Waals surface area contributed by atoms with Crippen molar-refractivity contribution in [3.63, 3.8) is 0 Å². The highest BCUT2D eigenvalue weighted by atomic mass is 35.5. The number of hydrogen-bond donors (Lipinski definition) is 1. The molecule has 90 valence electrons. The third kappa shape index (κ3) is 2.75. The SMILES string of the molecule is NCC(c1cc(F)c(Cl)nc1Cl)C(F)(F)F. The van der Waals surface area contributed by atoms with E-state index < -0.39 is 40.3 Å². The van der Waals surface area contributed by atoms with Crippen LogP contribution >= 0.6 is 23.2 Å². The largest absolute Gasteiger partial charge is 0.397 e. The number of halogens is 6. The van der Waals surface area contributed by atoms with Crippen LogP contribution in [0.1, 0.15) is 11.5 Å². The summed E-state index contributed by atoms with van der Waals surface area (Å²) < 4.78 is 50.5. The van der Waals surface area contributed by atoms with Crippen molar-refractivity contribution in [3.8, 4) is 0 Å². The fourth-order valence-electron chi connectivity index (χ4n) is 1.14. The van der Waals surface area contributed by atoms with E-state index in [0.29, 0.717) is 6.07 Å². The number of aromatic nitrogens is 1. The summed E-state index contributed by atoms with van der Waals surface area (Å²) in [5.74, 6) is -3.12. The molecule has 1 rings (SSSR count). The molecule has 0 aliphatic rings. The molecular weight excluding hydrogens is 271 g/mol. The molecule has 0 radical (unpaired) electrons. The summed E-state index contributed by atoms with van der Waals surface area (Å²) in [5, 5.41) is -1.08. The van der Waals surface area contributed by atoms with Crippen molar-refractivity contribution in [1.82, 2.24) is 4.98 Å². The molecule has 1 aromatic rings. The number of pyridine rings is 1. The predicted molar refractivity (Wildman–Crippen MR) is 52.1 cm³/mol. The standard InChI is InChI=1S/C8H6Cl2F4N2/c9-6-3(1-5(11)7(10)16-6)4(2-15)8(12,13)14/h1,4H,2,15H2. The Labute approximate surface area is 98.4 Å². The Morgan fingerprint density at radius 3 is 2.31 bits per heavy atom. The van der Waals surface area contributed by atoms with E-state index in [4.69, 9.17) is 28.9 Å². The number of nitrogens with zero attached hydrogens (tertiary/aromatic N) is 1. The molecule has 0 bridgehead atoms. The average molecular weight is 277 g/mol. The first kappa shape index (κ1) is 13.5. The van der Waals surface area contributed by atoms with Crippen LogP contribution in [0, 0.1) is 5.82 Å². The van der Waals surface area contributed by atoms with Crippen molar-refractivity contribution in [2.24, 2.45) is 5.73 Å². The molecular formula is C8H6Cl2F4N2. The van der Waals surface area contributed by atoms with Gasteiger partial charge in [-0.2, -0.15) is 13.2 Å². The maximum atomic E-state index is 13.0. The lowest BCUT2D eigenvalue weighted by Gasteiger charge is -2.19. The lowest BCUT2D eigenvalue weighted by molar-refractivity contribution is -0.148. The molecule has 0 aromatic carbocycles. The lowest BCUT2D eigenvalue weighted by Crippen LogP contribution is -2.28. The van der Waals surface area contributed by atoms with Gasteiger partial charge in [-0.15, -0.1) is 0 Å². The Balaban J connectivity index is 3.26. The smallest absolute Gasteiger partial charge is 0.330 e. The van der Waals surface area contributed by atoms with Gasteiger partial charge >= 0.3 is 6.18 Å². The molecule has 2 nitrogen and oxygen atoms in total. The van der Waals surface area contributed by atoms with Crippen molar-refractivity contribution in [1.29, 1.82) is 0 Å². The Hall–Kier alpha value is -0.590. The molecule has 0 aliphatic heterocycles. The first-order valence-electron chi connectivity index (χ1n) is 4.05. The van der Waals surface area contributed by atoms with E-state index in [9.17, 15) is 17.6 Å². The molecule has 0 saturated heterocycles. The van der Waals surface area contributed by atoms with Crippen LogP contribution in [0.2, 0.25) is 10.3 Å². The van der Waals surface area contributed by atoms with Crippen molar-refractivity contribution >= 4 is 23.2 Å². The van der Waals surface area contributed by atoms with Gasteiger partial charge < -0.3 is 5.73 Å². The van der Waals surface area contributed by atoms with Gasteiger partial charge in [-0.1, -0.05) is 23.2 Å². The van der Waals surface area contributed by atoms with Crippen LogP contribution in [0.5, 0.6) is 0 Å². The number of hydrogen-bond acceptors (Lipinski definition) is 2. The lowest BCUT2D eigenvalue weighted by atomic mass is 10.0. The molecule has 1 unspecified atom stereocenters. The van der Waals surface area contributed by atoms with Crippen LogP contribution < -0.4 is 5.73 Å². The molecule has 1 atom stereocenters. The molecule has 0 fully saturated rings. The molecule has 2 N–H and O–H groups in total. The molecule has 0 spiro atoms. The number of nitrogens with two attached hydrogens (primary N) is 1. The zero-order chi connectivity index (χ0) is 12.5. The molecule has 0 amide bonds. The molecule has 1 heterocycles. The first-order chi connectivity index (χ1) is 7.27. The average Bonchev–Trinajstić information content (AvgIpc) is 2.12. The van der Waals surface area contributed by atoms with Gasteiger partial charge in [-0.25, -0.2) is 9.37 Å². The van der Waals surface area contributed by atoms with Gasteiger partial charge in [0.25, 0.3) is 0 Å². The quantitative estimate of drug-likeness (QED) is 0.666. The Kier molecular flexibility index (Phi) is 3.98. The number of rotatable bonds is 2. The van der Waals surface area contributed by atoms with E-state index in [1.165, 1.54) is 0 Å². The van der Waals surface area contributed by atoms with Gasteiger partial charge in [0.15, 0.2) is 11.0 Å². The van der Waals surface area contributed by atoms with Crippen molar-refractivity contribution in [2.75, 3.05) is 6.54 Å². The first-order valence-corrected chi connectivity index (χ1v) is 4.81. The summed E-state index contributed by atoms with van der Waals surface area (Å²) in [5.41, 5.74) is 4.47. The summed E-state index contributed by atoms with van der Waals surface area (Å²) in [6, 6.07) is 0.600. The third-order valence-electron chi connectivity index (χ3n) is 1.92. The normalized spacial score (nSPS) is 13.9. The zero-order valence-corrected chi connectivity index (χ0v) is 9.17. The van der Waals surface area contributed by atoms with Gasteiger partial charge in [-0.3, -0.25) is 0 Å². The Morgan fingerprint density at radius 2 is 1.88 bits per heavy atom. The topological polar surface area (TPSA) is 38.9 Å². The van der Waals surface area contributed by atoms with Crippen LogP contribution in [-0.2, 0) is 0 Å². The van der Waals surface area contributed by atoms with Crippen LogP contribution in [-0.4, -0.2) is 17.7 Å². The van der Waals surface area contributed by atoms with E-state index in [1.807, 2.05) is 0 Å². The second-order valence-electron chi connectivity index (χ2n) is 2.97.